The van der Waals surface area contributed by atoms with Crippen LogP contribution in [0, 0.1) is 5.82 Å². The van der Waals surface area contributed by atoms with Gasteiger partial charge in [-0.15, -0.1) is 0 Å². The van der Waals surface area contributed by atoms with Gasteiger partial charge in [-0.25, -0.2) is 4.39 Å². The van der Waals surface area contributed by atoms with Crippen LogP contribution >= 0.6 is 0 Å². The highest BCUT2D eigenvalue weighted by Gasteiger charge is 2.22. The van der Waals surface area contributed by atoms with E-state index in [0.717, 1.165) is 25.0 Å². The van der Waals surface area contributed by atoms with Crippen molar-refractivity contribution in [3.8, 4) is 0 Å². The van der Waals surface area contributed by atoms with Crippen LogP contribution in [0.1, 0.15) is 30.6 Å². The predicted octanol–water partition coefficient (Wildman–Crippen LogP) is 2.85. The molecule has 0 N–H and O–H groups in total. The summed E-state index contributed by atoms with van der Waals surface area (Å²) in [6, 6.07) is 4.97. The Hall–Kier alpha value is -0.890. The van der Waals surface area contributed by atoms with Crippen LogP contribution in [0.4, 0.5) is 4.39 Å². The smallest absolute Gasteiger partial charge is 0.123 e. The normalized spacial score (nSPS) is 20.3. The second-order valence-electron chi connectivity index (χ2n) is 3.33. The maximum atomic E-state index is 12.8. The molecule has 1 aliphatic carbocycles. The first-order valence-electron chi connectivity index (χ1n) is 4.71. The number of benzene rings is 1. The number of ether oxygens (including phenoxy) is 1. The van der Waals surface area contributed by atoms with Crippen molar-refractivity contribution in [3.63, 3.8) is 0 Å². The Morgan fingerprint density at radius 3 is 3.15 bits per heavy atom. The molecule has 2 rings (SSSR count). The Bertz CT molecular complexity index is 309. The molecule has 0 bridgehead atoms. The van der Waals surface area contributed by atoms with Crippen molar-refractivity contribution in [1.29, 1.82) is 0 Å². The molecule has 1 aliphatic rings. The van der Waals surface area contributed by atoms with Gasteiger partial charge in [-0.3, -0.25) is 0 Å². The Labute approximate surface area is 77.5 Å². The molecule has 0 aromatic heterocycles. The molecule has 0 fully saturated rings. The largest absolute Gasteiger partial charge is 0.374 e. The summed E-state index contributed by atoms with van der Waals surface area (Å²) in [5, 5.41) is 0. The van der Waals surface area contributed by atoms with Crippen LogP contribution in [-0.2, 0) is 11.2 Å². The standard InChI is InChI=1S/C11H13FO/c1-2-13-11-6-3-8-7-9(12)4-5-10(8)11/h4-5,7,11H,2-3,6H2,1H3. The minimum absolute atomic E-state index is 0.143. The summed E-state index contributed by atoms with van der Waals surface area (Å²) in [5.74, 6) is -0.143. The summed E-state index contributed by atoms with van der Waals surface area (Å²) in [6.45, 7) is 2.71. The fourth-order valence-electron chi connectivity index (χ4n) is 1.92. The molecular formula is C11H13FO. The van der Waals surface area contributed by atoms with Crippen LogP contribution in [-0.4, -0.2) is 6.61 Å². The van der Waals surface area contributed by atoms with Crippen molar-refractivity contribution < 1.29 is 9.13 Å². The summed E-state index contributed by atoms with van der Waals surface area (Å²) in [6.07, 6.45) is 2.13. The maximum Gasteiger partial charge on any atom is 0.123 e. The van der Waals surface area contributed by atoms with E-state index in [1.807, 2.05) is 13.0 Å². The van der Waals surface area contributed by atoms with E-state index in [4.69, 9.17) is 4.74 Å². The van der Waals surface area contributed by atoms with E-state index < -0.39 is 0 Å². The Morgan fingerprint density at radius 1 is 1.54 bits per heavy atom. The second-order valence-corrected chi connectivity index (χ2v) is 3.33. The van der Waals surface area contributed by atoms with E-state index in [9.17, 15) is 4.39 Å². The molecule has 1 nitrogen and oxygen atoms in total. The molecular weight excluding hydrogens is 167 g/mol. The lowest BCUT2D eigenvalue weighted by Crippen LogP contribution is -1.99. The molecule has 1 aromatic rings. The average molecular weight is 180 g/mol. The average Bonchev–Trinajstić information content (AvgIpc) is 2.49. The van der Waals surface area contributed by atoms with E-state index >= 15 is 0 Å². The Balaban J connectivity index is 2.27. The lowest BCUT2D eigenvalue weighted by atomic mass is 10.1. The molecule has 0 spiro atoms. The number of rotatable bonds is 2. The van der Waals surface area contributed by atoms with Crippen LogP contribution in [0.3, 0.4) is 0 Å². The highest BCUT2D eigenvalue weighted by molar-refractivity contribution is 5.33. The van der Waals surface area contributed by atoms with Crippen molar-refractivity contribution in [2.45, 2.75) is 25.9 Å². The first-order chi connectivity index (χ1) is 6.31. The van der Waals surface area contributed by atoms with Gasteiger partial charge >= 0.3 is 0 Å². The highest BCUT2D eigenvalue weighted by atomic mass is 19.1. The van der Waals surface area contributed by atoms with Crippen molar-refractivity contribution in [2.75, 3.05) is 6.61 Å². The molecule has 70 valence electrons. The lowest BCUT2D eigenvalue weighted by Gasteiger charge is -2.10. The van der Waals surface area contributed by atoms with E-state index in [2.05, 4.69) is 0 Å². The van der Waals surface area contributed by atoms with E-state index in [1.54, 1.807) is 6.07 Å². The first kappa shape index (κ1) is 8.70. The van der Waals surface area contributed by atoms with Crippen molar-refractivity contribution in [2.24, 2.45) is 0 Å². The van der Waals surface area contributed by atoms with Gasteiger partial charge < -0.3 is 4.74 Å². The first-order valence-corrected chi connectivity index (χ1v) is 4.71. The van der Waals surface area contributed by atoms with Gasteiger partial charge in [0.15, 0.2) is 0 Å². The number of halogens is 1. The summed E-state index contributed by atoms with van der Waals surface area (Å²) >= 11 is 0. The molecule has 1 atom stereocenters. The fraction of sp³-hybridized carbons (Fsp3) is 0.455. The van der Waals surface area contributed by atoms with Gasteiger partial charge in [0.05, 0.1) is 6.10 Å². The van der Waals surface area contributed by atoms with Gasteiger partial charge in [0.25, 0.3) is 0 Å². The maximum absolute atomic E-state index is 12.8. The predicted molar refractivity (Wildman–Crippen MR) is 49.1 cm³/mol. The van der Waals surface area contributed by atoms with E-state index in [1.165, 1.54) is 11.6 Å². The minimum atomic E-state index is -0.143. The minimum Gasteiger partial charge on any atom is -0.374 e. The summed E-state index contributed by atoms with van der Waals surface area (Å²) < 4.78 is 18.4. The molecule has 1 aromatic carbocycles. The monoisotopic (exact) mass is 180 g/mol. The summed E-state index contributed by atoms with van der Waals surface area (Å²) in [5.41, 5.74) is 2.28. The molecule has 1 unspecified atom stereocenters. The zero-order valence-electron chi connectivity index (χ0n) is 7.72. The summed E-state index contributed by atoms with van der Waals surface area (Å²) in [7, 11) is 0. The van der Waals surface area contributed by atoms with Crippen LogP contribution in [0.5, 0.6) is 0 Å². The number of fused-ring (bicyclic) bond motifs is 1. The second kappa shape index (κ2) is 3.46. The van der Waals surface area contributed by atoms with Gasteiger partial charge in [0.2, 0.25) is 0 Å². The Kier molecular flexibility index (Phi) is 2.32. The third-order valence-electron chi connectivity index (χ3n) is 2.50. The third kappa shape index (κ3) is 1.59. The zero-order chi connectivity index (χ0) is 9.26. The van der Waals surface area contributed by atoms with Crippen LogP contribution < -0.4 is 0 Å². The molecule has 0 amide bonds. The molecule has 0 heterocycles. The van der Waals surface area contributed by atoms with Gasteiger partial charge in [-0.05, 0) is 43.0 Å². The quantitative estimate of drug-likeness (QED) is 0.680. The topological polar surface area (TPSA) is 9.23 Å². The SMILES string of the molecule is CCOC1CCc2cc(F)ccc21. The zero-order valence-corrected chi connectivity index (χ0v) is 7.72. The number of hydrogen-bond donors (Lipinski definition) is 0. The van der Waals surface area contributed by atoms with Gasteiger partial charge in [0.1, 0.15) is 5.82 Å². The van der Waals surface area contributed by atoms with E-state index in [-0.39, 0.29) is 11.9 Å². The van der Waals surface area contributed by atoms with Gasteiger partial charge in [-0.1, -0.05) is 6.07 Å². The van der Waals surface area contributed by atoms with Crippen molar-refractivity contribution in [1.82, 2.24) is 0 Å². The Morgan fingerprint density at radius 2 is 2.38 bits per heavy atom. The molecule has 0 saturated carbocycles. The fourth-order valence-corrected chi connectivity index (χ4v) is 1.92. The highest BCUT2D eigenvalue weighted by Crippen LogP contribution is 2.33. The van der Waals surface area contributed by atoms with Gasteiger partial charge in [0, 0.05) is 6.61 Å². The van der Waals surface area contributed by atoms with E-state index in [0.29, 0.717) is 0 Å². The summed E-state index contributed by atoms with van der Waals surface area (Å²) in [4.78, 5) is 0. The lowest BCUT2D eigenvalue weighted by molar-refractivity contribution is 0.0640. The molecule has 2 heteroatoms. The van der Waals surface area contributed by atoms with Crippen LogP contribution in [0.2, 0.25) is 0 Å². The number of hydrogen-bond acceptors (Lipinski definition) is 1. The van der Waals surface area contributed by atoms with Crippen molar-refractivity contribution in [3.05, 3.63) is 35.1 Å². The number of aryl methyl sites for hydroxylation is 1. The van der Waals surface area contributed by atoms with Crippen molar-refractivity contribution >= 4 is 0 Å². The van der Waals surface area contributed by atoms with Crippen LogP contribution in [0.15, 0.2) is 18.2 Å². The van der Waals surface area contributed by atoms with Gasteiger partial charge in [-0.2, -0.15) is 0 Å². The van der Waals surface area contributed by atoms with Crippen LogP contribution in [0.25, 0.3) is 0 Å². The third-order valence-corrected chi connectivity index (χ3v) is 2.50. The molecule has 0 aliphatic heterocycles. The molecule has 0 radical (unpaired) electrons. The molecule has 13 heavy (non-hydrogen) atoms. The molecule has 0 saturated heterocycles.